The maximum absolute atomic E-state index is 12.2. The lowest BCUT2D eigenvalue weighted by molar-refractivity contribution is 0.0298. The molecule has 1 N–H and O–H groups in total. The number of nitrogens with zero attached hydrogens (tertiary/aromatic N) is 1. The Labute approximate surface area is 145 Å². The van der Waals surface area contributed by atoms with Gasteiger partial charge in [0.1, 0.15) is 5.60 Å². The smallest absolute Gasteiger partial charge is 0.408 e. The molecule has 2 aliphatic rings. The molecular formula is C20H30N2O2. The third-order valence-electron chi connectivity index (χ3n) is 5.15. The van der Waals surface area contributed by atoms with Gasteiger partial charge < -0.3 is 10.1 Å². The van der Waals surface area contributed by atoms with E-state index in [0.29, 0.717) is 12.1 Å². The first kappa shape index (κ1) is 17.3. The number of benzene rings is 1. The van der Waals surface area contributed by atoms with Crippen molar-refractivity contribution in [2.24, 2.45) is 0 Å². The standard InChI is InChI=1S/C20H30N2O2/c1-19(2,3)24-18(23)21-20(4)12-16-10-11-17(13-20)22(16)14-15-8-6-5-7-9-15/h5-9,16-17H,10-14H2,1-4H3,(H,21,23)/t16-,17+,20?. The summed E-state index contributed by atoms with van der Waals surface area (Å²) in [5, 5.41) is 3.15. The SMILES string of the molecule is CC1(NC(=O)OC(C)(C)C)C[C@H]2CC[C@@H](C1)N2Cc1ccccc1. The molecule has 2 heterocycles. The molecule has 1 aromatic carbocycles. The highest BCUT2D eigenvalue weighted by Gasteiger charge is 2.46. The summed E-state index contributed by atoms with van der Waals surface area (Å²) in [4.78, 5) is 14.8. The molecule has 2 fully saturated rings. The highest BCUT2D eigenvalue weighted by Crippen LogP contribution is 2.41. The Morgan fingerprint density at radius 2 is 1.79 bits per heavy atom. The summed E-state index contributed by atoms with van der Waals surface area (Å²) in [5.41, 5.74) is 0.757. The summed E-state index contributed by atoms with van der Waals surface area (Å²) >= 11 is 0. The van der Waals surface area contributed by atoms with Crippen molar-refractivity contribution in [3.05, 3.63) is 35.9 Å². The van der Waals surface area contributed by atoms with Gasteiger partial charge >= 0.3 is 6.09 Å². The number of carbonyl (C=O) groups excluding carboxylic acids is 1. The highest BCUT2D eigenvalue weighted by molar-refractivity contribution is 5.68. The van der Waals surface area contributed by atoms with Crippen LogP contribution in [0.1, 0.15) is 58.9 Å². The minimum atomic E-state index is -0.451. The van der Waals surface area contributed by atoms with Gasteiger partial charge in [-0.2, -0.15) is 0 Å². The van der Waals surface area contributed by atoms with Crippen LogP contribution < -0.4 is 5.32 Å². The van der Waals surface area contributed by atoms with Gasteiger partial charge in [0.2, 0.25) is 0 Å². The lowest BCUT2D eigenvalue weighted by Gasteiger charge is -2.45. The molecule has 3 rings (SSSR count). The van der Waals surface area contributed by atoms with E-state index in [1.807, 2.05) is 20.8 Å². The lowest BCUT2D eigenvalue weighted by Crippen LogP contribution is -2.57. The third kappa shape index (κ3) is 4.10. The van der Waals surface area contributed by atoms with Crippen LogP contribution >= 0.6 is 0 Å². The van der Waals surface area contributed by atoms with Crippen molar-refractivity contribution in [2.75, 3.05) is 0 Å². The summed E-state index contributed by atoms with van der Waals surface area (Å²) < 4.78 is 5.46. The van der Waals surface area contributed by atoms with Crippen LogP contribution in [0.15, 0.2) is 30.3 Å². The van der Waals surface area contributed by atoms with Gasteiger partial charge in [-0.15, -0.1) is 0 Å². The van der Waals surface area contributed by atoms with E-state index < -0.39 is 5.60 Å². The van der Waals surface area contributed by atoms with Crippen LogP contribution in [0.3, 0.4) is 0 Å². The molecule has 24 heavy (non-hydrogen) atoms. The molecule has 2 bridgehead atoms. The van der Waals surface area contributed by atoms with Crippen LogP contribution in [-0.2, 0) is 11.3 Å². The van der Waals surface area contributed by atoms with E-state index in [4.69, 9.17) is 4.74 Å². The Bertz CT molecular complexity index is 565. The number of rotatable bonds is 3. The lowest BCUT2D eigenvalue weighted by atomic mass is 9.84. The molecule has 0 radical (unpaired) electrons. The van der Waals surface area contributed by atoms with Crippen molar-refractivity contribution in [1.29, 1.82) is 0 Å². The van der Waals surface area contributed by atoms with Crippen molar-refractivity contribution in [2.45, 2.75) is 83.1 Å². The summed E-state index contributed by atoms with van der Waals surface area (Å²) in [6.07, 6.45) is 4.15. The predicted molar refractivity (Wildman–Crippen MR) is 95.8 cm³/mol. The summed E-state index contributed by atoms with van der Waals surface area (Å²) in [6, 6.07) is 11.8. The van der Waals surface area contributed by atoms with Crippen LogP contribution in [0.2, 0.25) is 0 Å². The first-order valence-corrected chi connectivity index (χ1v) is 9.05. The van der Waals surface area contributed by atoms with Gasteiger partial charge in [-0.25, -0.2) is 4.79 Å². The van der Waals surface area contributed by atoms with Crippen LogP contribution in [0.5, 0.6) is 0 Å². The first-order valence-electron chi connectivity index (χ1n) is 9.05. The number of carbonyl (C=O) groups is 1. The Morgan fingerprint density at radius 3 is 2.33 bits per heavy atom. The summed E-state index contributed by atoms with van der Waals surface area (Å²) in [7, 11) is 0. The quantitative estimate of drug-likeness (QED) is 0.907. The minimum absolute atomic E-state index is 0.165. The monoisotopic (exact) mass is 330 g/mol. The normalized spacial score (nSPS) is 30.2. The van der Waals surface area contributed by atoms with Crippen LogP contribution in [0.25, 0.3) is 0 Å². The number of fused-ring (bicyclic) bond motifs is 2. The number of piperidine rings is 1. The van der Waals surface area contributed by atoms with Gasteiger partial charge in [-0.05, 0) is 58.9 Å². The Kier molecular flexibility index (Phi) is 4.60. The third-order valence-corrected chi connectivity index (χ3v) is 5.15. The van der Waals surface area contributed by atoms with E-state index in [1.54, 1.807) is 0 Å². The number of hydrogen-bond donors (Lipinski definition) is 1. The largest absolute Gasteiger partial charge is 0.444 e. The Balaban J connectivity index is 1.63. The molecule has 4 heteroatoms. The molecule has 0 saturated carbocycles. The Morgan fingerprint density at radius 1 is 1.21 bits per heavy atom. The molecule has 1 unspecified atom stereocenters. The molecule has 1 aromatic rings. The highest BCUT2D eigenvalue weighted by atomic mass is 16.6. The zero-order valence-corrected chi connectivity index (χ0v) is 15.3. The average molecular weight is 330 g/mol. The van der Waals surface area contributed by atoms with Crippen molar-refractivity contribution in [3.8, 4) is 0 Å². The van der Waals surface area contributed by atoms with E-state index >= 15 is 0 Å². The zero-order valence-electron chi connectivity index (χ0n) is 15.3. The van der Waals surface area contributed by atoms with Crippen LogP contribution in [0.4, 0.5) is 4.79 Å². The number of nitrogens with one attached hydrogen (secondary N) is 1. The molecule has 0 spiro atoms. The number of amides is 1. The van der Waals surface area contributed by atoms with Gasteiger partial charge in [0.15, 0.2) is 0 Å². The van der Waals surface area contributed by atoms with E-state index in [0.717, 1.165) is 19.4 Å². The van der Waals surface area contributed by atoms with Crippen molar-refractivity contribution < 1.29 is 9.53 Å². The fourth-order valence-electron chi connectivity index (χ4n) is 4.28. The molecule has 132 valence electrons. The van der Waals surface area contributed by atoms with Crippen molar-refractivity contribution in [3.63, 3.8) is 0 Å². The van der Waals surface area contributed by atoms with Gasteiger partial charge in [0.05, 0.1) is 0 Å². The molecule has 2 aliphatic heterocycles. The minimum Gasteiger partial charge on any atom is -0.444 e. The van der Waals surface area contributed by atoms with Gasteiger partial charge in [-0.1, -0.05) is 30.3 Å². The molecule has 2 saturated heterocycles. The topological polar surface area (TPSA) is 41.6 Å². The summed E-state index contributed by atoms with van der Waals surface area (Å²) in [5.74, 6) is 0. The van der Waals surface area contributed by atoms with E-state index in [1.165, 1.54) is 18.4 Å². The first-order chi connectivity index (χ1) is 11.2. The van der Waals surface area contributed by atoms with Crippen LogP contribution in [-0.4, -0.2) is 34.2 Å². The maximum atomic E-state index is 12.2. The fourth-order valence-corrected chi connectivity index (χ4v) is 4.28. The molecule has 1 amide bonds. The molecule has 3 atom stereocenters. The Hall–Kier alpha value is -1.55. The van der Waals surface area contributed by atoms with E-state index in [-0.39, 0.29) is 11.6 Å². The maximum Gasteiger partial charge on any atom is 0.408 e. The average Bonchev–Trinajstić information content (AvgIpc) is 2.71. The number of alkyl carbamates (subject to hydrolysis) is 1. The van der Waals surface area contributed by atoms with Crippen molar-refractivity contribution >= 4 is 6.09 Å². The molecular weight excluding hydrogens is 300 g/mol. The molecule has 0 aromatic heterocycles. The number of hydrogen-bond acceptors (Lipinski definition) is 3. The molecule has 0 aliphatic carbocycles. The van der Waals surface area contributed by atoms with Gasteiger partial charge in [0.25, 0.3) is 0 Å². The van der Waals surface area contributed by atoms with Crippen molar-refractivity contribution in [1.82, 2.24) is 10.2 Å². The second-order valence-electron chi connectivity index (χ2n) is 8.64. The van der Waals surface area contributed by atoms with E-state index in [9.17, 15) is 4.79 Å². The van der Waals surface area contributed by atoms with Gasteiger partial charge in [-0.3, -0.25) is 4.90 Å². The zero-order chi connectivity index (χ0) is 17.4. The van der Waals surface area contributed by atoms with Crippen LogP contribution in [0, 0.1) is 0 Å². The second kappa shape index (κ2) is 6.40. The predicted octanol–water partition coefficient (Wildman–Crippen LogP) is 4.10. The fraction of sp³-hybridized carbons (Fsp3) is 0.650. The van der Waals surface area contributed by atoms with E-state index in [2.05, 4.69) is 47.5 Å². The summed E-state index contributed by atoms with van der Waals surface area (Å²) in [6.45, 7) is 8.89. The second-order valence-corrected chi connectivity index (χ2v) is 8.64. The molecule has 4 nitrogen and oxygen atoms in total. The van der Waals surface area contributed by atoms with Gasteiger partial charge in [0, 0.05) is 24.2 Å². The number of ether oxygens (including phenoxy) is 1.